The molecule has 0 aromatic heterocycles. The minimum atomic E-state index is -0.791. The minimum absolute atomic E-state index is 0.0541. The molecule has 8 nitrogen and oxygen atoms in total. The van der Waals surface area contributed by atoms with Gasteiger partial charge >= 0.3 is 0 Å². The Bertz CT molecular complexity index is 1030. The van der Waals surface area contributed by atoms with Crippen LogP contribution in [0, 0.1) is 12.8 Å². The van der Waals surface area contributed by atoms with Crippen LogP contribution in [-0.2, 0) is 16.0 Å². The second-order valence-electron chi connectivity index (χ2n) is 8.03. The van der Waals surface area contributed by atoms with E-state index in [4.69, 9.17) is 9.47 Å². The maximum Gasteiger partial charge on any atom is 0.262 e. The van der Waals surface area contributed by atoms with Gasteiger partial charge in [-0.1, -0.05) is 38.1 Å². The molecule has 3 N–H and O–H groups in total. The van der Waals surface area contributed by atoms with Crippen molar-refractivity contribution in [2.75, 3.05) is 13.2 Å². The predicted molar refractivity (Wildman–Crippen MR) is 132 cm³/mol. The Morgan fingerprint density at radius 3 is 2.56 bits per heavy atom. The summed E-state index contributed by atoms with van der Waals surface area (Å²) in [4.78, 5) is 25.0. The number of hydrazone groups is 1. The standard InChI is InChI=1S/C26H33N3O5/c1-6-10-20-13-19(14-22(25(20)31)33-7-2)15-27-29-26(32)24(17(3)4)28-23(30)16-34-21-12-9-8-11-18(21)5/h6,8-9,11-15,17,24,31H,1,7,10,16H2,2-5H3,(H,28,30)(H,29,32). The lowest BCUT2D eigenvalue weighted by Gasteiger charge is -2.20. The number of amides is 2. The van der Waals surface area contributed by atoms with E-state index in [0.29, 0.717) is 35.7 Å². The van der Waals surface area contributed by atoms with Gasteiger partial charge in [0.15, 0.2) is 18.1 Å². The molecule has 2 aromatic carbocycles. The Kier molecular flexibility index (Phi) is 10.1. The molecule has 8 heteroatoms. The number of nitrogens with zero attached hydrogens (tertiary/aromatic N) is 1. The van der Waals surface area contributed by atoms with Crippen molar-refractivity contribution in [2.45, 2.75) is 40.2 Å². The highest BCUT2D eigenvalue weighted by molar-refractivity contribution is 5.89. The number of benzene rings is 2. The van der Waals surface area contributed by atoms with Gasteiger partial charge in [-0.25, -0.2) is 5.43 Å². The molecule has 0 aliphatic carbocycles. The van der Waals surface area contributed by atoms with E-state index in [2.05, 4.69) is 22.4 Å². The first-order chi connectivity index (χ1) is 16.3. The Labute approximate surface area is 200 Å². The molecule has 0 radical (unpaired) electrons. The molecule has 0 saturated heterocycles. The van der Waals surface area contributed by atoms with Gasteiger partial charge in [0, 0.05) is 5.56 Å². The van der Waals surface area contributed by atoms with E-state index >= 15 is 0 Å². The fourth-order valence-electron chi connectivity index (χ4n) is 3.19. The van der Waals surface area contributed by atoms with Crippen LogP contribution in [0.2, 0.25) is 0 Å². The summed E-state index contributed by atoms with van der Waals surface area (Å²) >= 11 is 0. The van der Waals surface area contributed by atoms with E-state index in [-0.39, 0.29) is 18.3 Å². The van der Waals surface area contributed by atoms with E-state index in [1.165, 1.54) is 6.21 Å². The quantitative estimate of drug-likeness (QED) is 0.251. The Morgan fingerprint density at radius 2 is 1.91 bits per heavy atom. The van der Waals surface area contributed by atoms with Gasteiger partial charge in [0.2, 0.25) is 0 Å². The maximum absolute atomic E-state index is 12.7. The van der Waals surface area contributed by atoms with Crippen LogP contribution < -0.4 is 20.2 Å². The number of carbonyl (C=O) groups is 2. The molecule has 0 aliphatic rings. The number of phenols is 1. The van der Waals surface area contributed by atoms with Gasteiger partial charge in [0.1, 0.15) is 11.8 Å². The van der Waals surface area contributed by atoms with E-state index in [0.717, 1.165) is 5.56 Å². The molecule has 0 fully saturated rings. The summed E-state index contributed by atoms with van der Waals surface area (Å²) in [7, 11) is 0. The molecule has 0 aliphatic heterocycles. The highest BCUT2D eigenvalue weighted by Gasteiger charge is 2.24. The monoisotopic (exact) mass is 467 g/mol. The maximum atomic E-state index is 12.7. The van der Waals surface area contributed by atoms with Crippen LogP contribution >= 0.6 is 0 Å². The van der Waals surface area contributed by atoms with E-state index < -0.39 is 17.9 Å². The van der Waals surface area contributed by atoms with Crippen molar-refractivity contribution >= 4 is 18.0 Å². The Morgan fingerprint density at radius 1 is 1.18 bits per heavy atom. The summed E-state index contributed by atoms with van der Waals surface area (Å²) in [6, 6.07) is 9.96. The van der Waals surface area contributed by atoms with Crippen LogP contribution in [0.25, 0.3) is 0 Å². The van der Waals surface area contributed by atoms with Crippen molar-refractivity contribution in [3.8, 4) is 17.2 Å². The number of allylic oxidation sites excluding steroid dienone is 1. The highest BCUT2D eigenvalue weighted by Crippen LogP contribution is 2.32. The predicted octanol–water partition coefficient (Wildman–Crippen LogP) is 3.50. The molecule has 0 saturated carbocycles. The smallest absolute Gasteiger partial charge is 0.262 e. The molecule has 2 aromatic rings. The lowest BCUT2D eigenvalue weighted by atomic mass is 10.0. The summed E-state index contributed by atoms with van der Waals surface area (Å²) < 4.78 is 11.0. The number of aryl methyl sites for hydroxylation is 1. The van der Waals surface area contributed by atoms with Gasteiger partial charge in [-0.2, -0.15) is 5.10 Å². The van der Waals surface area contributed by atoms with Gasteiger partial charge in [0.05, 0.1) is 12.8 Å². The molecule has 34 heavy (non-hydrogen) atoms. The van der Waals surface area contributed by atoms with Gasteiger partial charge in [-0.3, -0.25) is 9.59 Å². The number of hydrogen-bond donors (Lipinski definition) is 3. The van der Waals surface area contributed by atoms with E-state index in [9.17, 15) is 14.7 Å². The number of carbonyl (C=O) groups excluding carboxylic acids is 2. The molecule has 0 heterocycles. The summed E-state index contributed by atoms with van der Waals surface area (Å²) in [6.07, 6.45) is 3.57. The summed E-state index contributed by atoms with van der Waals surface area (Å²) in [5.41, 5.74) is 4.66. The van der Waals surface area contributed by atoms with Crippen LogP contribution in [0.15, 0.2) is 54.2 Å². The van der Waals surface area contributed by atoms with Crippen LogP contribution in [0.4, 0.5) is 0 Å². The number of hydrogen-bond acceptors (Lipinski definition) is 6. The second-order valence-corrected chi connectivity index (χ2v) is 8.03. The summed E-state index contributed by atoms with van der Waals surface area (Å²) in [5.74, 6) is -0.0336. The SMILES string of the molecule is C=CCc1cc(C=NNC(=O)C(NC(=O)COc2ccccc2C)C(C)C)cc(OCC)c1O. The number of rotatable bonds is 12. The molecule has 0 spiro atoms. The summed E-state index contributed by atoms with van der Waals surface area (Å²) in [6.45, 7) is 11.2. The highest BCUT2D eigenvalue weighted by atomic mass is 16.5. The lowest BCUT2D eigenvalue weighted by Crippen LogP contribution is -2.49. The number of ether oxygens (including phenoxy) is 2. The molecule has 1 unspecified atom stereocenters. The zero-order chi connectivity index (χ0) is 25.1. The van der Waals surface area contributed by atoms with Crippen molar-refractivity contribution in [2.24, 2.45) is 11.0 Å². The third-order valence-electron chi connectivity index (χ3n) is 4.95. The fourth-order valence-corrected chi connectivity index (χ4v) is 3.19. The molecule has 182 valence electrons. The Hall–Kier alpha value is -3.81. The average molecular weight is 468 g/mol. The second kappa shape index (κ2) is 13.0. The fraction of sp³-hybridized carbons (Fsp3) is 0.346. The Balaban J connectivity index is 2.02. The molecule has 1 atom stereocenters. The van der Waals surface area contributed by atoms with Gasteiger partial charge in [-0.15, -0.1) is 6.58 Å². The van der Waals surface area contributed by atoms with Crippen LogP contribution in [0.3, 0.4) is 0 Å². The average Bonchev–Trinajstić information content (AvgIpc) is 2.79. The number of aromatic hydroxyl groups is 1. The van der Waals surface area contributed by atoms with Crippen molar-refractivity contribution < 1.29 is 24.2 Å². The zero-order valence-corrected chi connectivity index (χ0v) is 20.1. The third-order valence-corrected chi connectivity index (χ3v) is 4.95. The molecular formula is C26H33N3O5. The van der Waals surface area contributed by atoms with Crippen molar-refractivity contribution in [3.05, 3.63) is 65.7 Å². The van der Waals surface area contributed by atoms with Crippen molar-refractivity contribution in [1.82, 2.24) is 10.7 Å². The lowest BCUT2D eigenvalue weighted by molar-refractivity contribution is -0.131. The van der Waals surface area contributed by atoms with Crippen LogP contribution in [0.1, 0.15) is 37.5 Å². The van der Waals surface area contributed by atoms with E-state index in [1.807, 2.05) is 45.9 Å². The third kappa shape index (κ3) is 7.65. The van der Waals surface area contributed by atoms with Gasteiger partial charge in [-0.05, 0) is 55.5 Å². The number of para-hydroxylation sites is 1. The van der Waals surface area contributed by atoms with Crippen LogP contribution in [-0.4, -0.2) is 42.4 Å². The minimum Gasteiger partial charge on any atom is -0.504 e. The molecule has 2 rings (SSSR count). The van der Waals surface area contributed by atoms with Gasteiger partial charge in [0.25, 0.3) is 11.8 Å². The first-order valence-corrected chi connectivity index (χ1v) is 11.2. The topological polar surface area (TPSA) is 109 Å². The molecule has 0 bridgehead atoms. The van der Waals surface area contributed by atoms with Crippen molar-refractivity contribution in [3.63, 3.8) is 0 Å². The van der Waals surface area contributed by atoms with Crippen molar-refractivity contribution in [1.29, 1.82) is 0 Å². The van der Waals surface area contributed by atoms with Crippen LogP contribution in [0.5, 0.6) is 17.2 Å². The summed E-state index contributed by atoms with van der Waals surface area (Å²) in [5, 5.41) is 17.0. The normalized spacial score (nSPS) is 11.8. The molecular weight excluding hydrogens is 434 g/mol. The first-order valence-electron chi connectivity index (χ1n) is 11.2. The first kappa shape index (κ1) is 26.4. The number of phenolic OH excluding ortho intramolecular Hbond substituents is 1. The largest absolute Gasteiger partial charge is 0.504 e. The molecule has 2 amide bonds. The zero-order valence-electron chi connectivity index (χ0n) is 20.1. The van der Waals surface area contributed by atoms with Gasteiger partial charge < -0.3 is 19.9 Å². The number of nitrogens with one attached hydrogen (secondary N) is 2. The van der Waals surface area contributed by atoms with E-state index in [1.54, 1.807) is 24.3 Å².